The minimum absolute atomic E-state index is 0.308. The second kappa shape index (κ2) is 8.38. The van der Waals surface area contributed by atoms with Crippen LogP contribution in [0.5, 0.6) is 5.75 Å². The van der Waals surface area contributed by atoms with E-state index in [1.165, 1.54) is 43.2 Å². The largest absolute Gasteiger partial charge is 0.496 e. The van der Waals surface area contributed by atoms with Crippen molar-refractivity contribution in [1.29, 1.82) is 0 Å². The van der Waals surface area contributed by atoms with Crippen LogP contribution in [-0.4, -0.2) is 13.7 Å². The SMILES string of the molecule is COc1ccccc1CNC[C@]1(C)CCC[C@@]2(C)c3ccc(C(C)C)cc3CC[C@H]12. The van der Waals surface area contributed by atoms with E-state index in [1.54, 1.807) is 18.2 Å². The molecule has 0 radical (unpaired) electrons. The van der Waals surface area contributed by atoms with Gasteiger partial charge in [-0.1, -0.05) is 70.5 Å². The van der Waals surface area contributed by atoms with Crippen LogP contribution in [0, 0.1) is 11.3 Å². The molecular weight excluding hydrogens is 366 g/mol. The molecule has 2 heteroatoms. The fourth-order valence-electron chi connectivity index (χ4n) is 6.55. The summed E-state index contributed by atoms with van der Waals surface area (Å²) < 4.78 is 5.54. The minimum atomic E-state index is 0.308. The molecule has 0 amide bonds. The molecule has 2 nitrogen and oxygen atoms in total. The molecule has 162 valence electrons. The molecule has 3 atom stereocenters. The average molecular weight is 406 g/mol. The molecule has 0 heterocycles. The lowest BCUT2D eigenvalue weighted by Gasteiger charge is -2.55. The lowest BCUT2D eigenvalue weighted by molar-refractivity contribution is 0.0256. The van der Waals surface area contributed by atoms with Crippen LogP contribution in [0.15, 0.2) is 42.5 Å². The number of nitrogens with one attached hydrogen (secondary N) is 1. The van der Waals surface area contributed by atoms with Gasteiger partial charge in [0.2, 0.25) is 0 Å². The van der Waals surface area contributed by atoms with Gasteiger partial charge in [-0.3, -0.25) is 0 Å². The van der Waals surface area contributed by atoms with Crippen LogP contribution in [-0.2, 0) is 18.4 Å². The maximum atomic E-state index is 5.54. The van der Waals surface area contributed by atoms with Gasteiger partial charge in [0.05, 0.1) is 7.11 Å². The molecule has 1 saturated carbocycles. The first kappa shape index (κ1) is 21.4. The van der Waals surface area contributed by atoms with E-state index < -0.39 is 0 Å². The van der Waals surface area contributed by atoms with E-state index in [0.717, 1.165) is 24.8 Å². The van der Waals surface area contributed by atoms with Gasteiger partial charge in [-0.2, -0.15) is 0 Å². The van der Waals surface area contributed by atoms with Crippen molar-refractivity contribution in [2.75, 3.05) is 13.7 Å². The van der Waals surface area contributed by atoms with Gasteiger partial charge < -0.3 is 10.1 Å². The fraction of sp³-hybridized carbons (Fsp3) is 0.571. The van der Waals surface area contributed by atoms with Crippen molar-refractivity contribution in [3.05, 3.63) is 64.7 Å². The summed E-state index contributed by atoms with van der Waals surface area (Å²) in [5.41, 5.74) is 6.64. The number of hydrogen-bond donors (Lipinski definition) is 1. The van der Waals surface area contributed by atoms with Gasteiger partial charge in [-0.05, 0) is 71.1 Å². The monoisotopic (exact) mass is 405 g/mol. The van der Waals surface area contributed by atoms with Crippen molar-refractivity contribution in [2.24, 2.45) is 11.3 Å². The van der Waals surface area contributed by atoms with Crippen molar-refractivity contribution in [1.82, 2.24) is 5.32 Å². The van der Waals surface area contributed by atoms with Crippen LogP contribution in [0.25, 0.3) is 0 Å². The number of para-hydroxylation sites is 1. The molecule has 2 aromatic rings. The van der Waals surface area contributed by atoms with E-state index in [0.29, 0.717) is 16.7 Å². The van der Waals surface area contributed by atoms with Gasteiger partial charge >= 0.3 is 0 Å². The van der Waals surface area contributed by atoms with E-state index in [1.807, 2.05) is 6.07 Å². The molecule has 1 fully saturated rings. The van der Waals surface area contributed by atoms with Crippen molar-refractivity contribution in [2.45, 2.75) is 77.7 Å². The molecule has 0 aliphatic heterocycles. The lowest BCUT2D eigenvalue weighted by Crippen LogP contribution is -2.52. The smallest absolute Gasteiger partial charge is 0.123 e. The lowest BCUT2D eigenvalue weighted by atomic mass is 9.49. The first-order valence-corrected chi connectivity index (χ1v) is 11.8. The zero-order valence-corrected chi connectivity index (χ0v) is 19.6. The molecular formula is C28H39NO. The Hall–Kier alpha value is -1.80. The summed E-state index contributed by atoms with van der Waals surface area (Å²) in [4.78, 5) is 0. The predicted molar refractivity (Wildman–Crippen MR) is 126 cm³/mol. The van der Waals surface area contributed by atoms with Gasteiger partial charge in [0, 0.05) is 18.7 Å². The highest BCUT2D eigenvalue weighted by atomic mass is 16.5. The summed E-state index contributed by atoms with van der Waals surface area (Å²) in [6.07, 6.45) is 6.53. The van der Waals surface area contributed by atoms with Gasteiger partial charge in [0.15, 0.2) is 0 Å². The number of benzene rings is 2. The third-order valence-electron chi connectivity index (χ3n) is 8.20. The van der Waals surface area contributed by atoms with E-state index >= 15 is 0 Å². The Morgan fingerprint density at radius 1 is 1.10 bits per heavy atom. The standard InChI is InChI=1S/C28H39NO/c1-20(2)21-11-13-24-22(17-21)12-14-26-27(3,15-8-16-28(24,26)4)19-29-18-23-9-6-7-10-25(23)30-5/h6-7,9-11,13,17,20,26,29H,8,12,14-16,18-19H2,1-5H3/t26-,27+,28+/m1/s1. The quantitative estimate of drug-likeness (QED) is 0.583. The molecule has 0 unspecified atom stereocenters. The highest BCUT2D eigenvalue weighted by Gasteiger charge is 2.51. The van der Waals surface area contributed by atoms with Crippen molar-refractivity contribution >= 4 is 0 Å². The van der Waals surface area contributed by atoms with Crippen molar-refractivity contribution < 1.29 is 4.74 Å². The van der Waals surface area contributed by atoms with Gasteiger partial charge in [0.25, 0.3) is 0 Å². The number of fused-ring (bicyclic) bond motifs is 3. The summed E-state index contributed by atoms with van der Waals surface area (Å²) in [7, 11) is 1.76. The van der Waals surface area contributed by atoms with E-state index in [-0.39, 0.29) is 0 Å². The van der Waals surface area contributed by atoms with Crippen LogP contribution >= 0.6 is 0 Å². The van der Waals surface area contributed by atoms with Crippen LogP contribution in [0.4, 0.5) is 0 Å². The average Bonchev–Trinajstić information content (AvgIpc) is 2.73. The maximum absolute atomic E-state index is 5.54. The first-order chi connectivity index (χ1) is 14.4. The summed E-state index contributed by atoms with van der Waals surface area (Å²) in [6.45, 7) is 11.7. The summed E-state index contributed by atoms with van der Waals surface area (Å²) >= 11 is 0. The zero-order valence-electron chi connectivity index (χ0n) is 19.6. The first-order valence-electron chi connectivity index (χ1n) is 11.8. The maximum Gasteiger partial charge on any atom is 0.123 e. The Labute approximate surface area is 183 Å². The topological polar surface area (TPSA) is 21.3 Å². The van der Waals surface area contributed by atoms with Crippen molar-refractivity contribution in [3.8, 4) is 5.75 Å². The van der Waals surface area contributed by atoms with Crippen LogP contribution in [0.1, 0.15) is 81.5 Å². The molecule has 0 bridgehead atoms. The van der Waals surface area contributed by atoms with Crippen LogP contribution in [0.3, 0.4) is 0 Å². The number of hydrogen-bond acceptors (Lipinski definition) is 2. The molecule has 2 aromatic carbocycles. The van der Waals surface area contributed by atoms with Gasteiger partial charge in [-0.25, -0.2) is 0 Å². The number of ether oxygens (including phenoxy) is 1. The number of methoxy groups -OCH3 is 1. The van der Waals surface area contributed by atoms with Crippen LogP contribution < -0.4 is 10.1 Å². The Bertz CT molecular complexity index is 888. The number of rotatable bonds is 6. The Kier molecular flexibility index (Phi) is 5.99. The second-order valence-corrected chi connectivity index (χ2v) is 10.5. The van der Waals surface area contributed by atoms with E-state index in [9.17, 15) is 0 Å². The summed E-state index contributed by atoms with van der Waals surface area (Å²) in [5.74, 6) is 2.33. The summed E-state index contributed by atoms with van der Waals surface area (Å²) in [5, 5.41) is 3.80. The normalized spacial score (nSPS) is 28.1. The fourth-order valence-corrected chi connectivity index (χ4v) is 6.55. The Balaban J connectivity index is 1.53. The molecule has 1 N–H and O–H groups in total. The van der Waals surface area contributed by atoms with Gasteiger partial charge in [0.1, 0.15) is 5.75 Å². The highest BCUT2D eigenvalue weighted by Crippen LogP contribution is 2.57. The summed E-state index contributed by atoms with van der Waals surface area (Å²) in [6, 6.07) is 15.7. The zero-order chi connectivity index (χ0) is 21.4. The molecule has 4 rings (SSSR count). The van der Waals surface area contributed by atoms with E-state index in [2.05, 4.69) is 69.4 Å². The molecule has 0 saturated heterocycles. The third kappa shape index (κ3) is 3.80. The highest BCUT2D eigenvalue weighted by molar-refractivity contribution is 5.42. The molecule has 0 aromatic heterocycles. The second-order valence-electron chi connectivity index (χ2n) is 10.5. The molecule has 0 spiro atoms. The van der Waals surface area contributed by atoms with Crippen LogP contribution in [0.2, 0.25) is 0 Å². The molecule has 2 aliphatic rings. The Morgan fingerprint density at radius 2 is 1.90 bits per heavy atom. The number of aryl methyl sites for hydroxylation is 1. The van der Waals surface area contributed by atoms with Crippen molar-refractivity contribution in [3.63, 3.8) is 0 Å². The minimum Gasteiger partial charge on any atom is -0.496 e. The third-order valence-corrected chi connectivity index (χ3v) is 8.20. The molecule has 30 heavy (non-hydrogen) atoms. The van der Waals surface area contributed by atoms with E-state index in [4.69, 9.17) is 4.74 Å². The molecule has 2 aliphatic carbocycles. The Morgan fingerprint density at radius 3 is 2.67 bits per heavy atom. The predicted octanol–water partition coefficient (Wildman–Crippen LogP) is 6.62. The van der Waals surface area contributed by atoms with Gasteiger partial charge in [-0.15, -0.1) is 0 Å².